The van der Waals surface area contributed by atoms with Crippen LogP contribution in [0.4, 0.5) is 17.1 Å². The lowest BCUT2D eigenvalue weighted by Crippen LogP contribution is -2.11. The number of nitrogens with zero attached hydrogens (tertiary/aromatic N) is 1. The van der Waals surface area contributed by atoms with E-state index in [2.05, 4.69) is 187 Å². The van der Waals surface area contributed by atoms with Gasteiger partial charge >= 0.3 is 0 Å². The van der Waals surface area contributed by atoms with Crippen LogP contribution in [-0.4, -0.2) is 0 Å². The molecular weight excluding hydrogens is 711 g/mol. The van der Waals surface area contributed by atoms with Gasteiger partial charge in [-0.25, -0.2) is 0 Å². The first-order chi connectivity index (χ1) is 28.8. The Balaban J connectivity index is 1.20. The highest BCUT2D eigenvalue weighted by Crippen LogP contribution is 2.51. The van der Waals surface area contributed by atoms with Gasteiger partial charge in [-0.2, -0.15) is 0 Å². The van der Waals surface area contributed by atoms with Crippen LogP contribution in [0, 0.1) is 0 Å². The summed E-state index contributed by atoms with van der Waals surface area (Å²) in [5, 5.41) is 6.30. The SMILES string of the molecule is c1ccc(-c2ccc3c(c2)oc2c(-c4ccccc4)ccc(N(c4ccc5oc6ccccc6c5c4)c4cccc5oc6cccc(-c7ccccc7)c6c45)c23)cc1. The minimum Gasteiger partial charge on any atom is -0.456 e. The number of rotatable bonds is 6. The van der Waals surface area contributed by atoms with Crippen molar-refractivity contribution in [2.24, 2.45) is 0 Å². The third kappa shape index (κ3) is 5.02. The highest BCUT2D eigenvalue weighted by Gasteiger charge is 2.26. The number of fused-ring (bicyclic) bond motifs is 9. The van der Waals surface area contributed by atoms with Crippen LogP contribution in [0.15, 0.2) is 213 Å². The molecule has 0 bridgehead atoms. The first kappa shape index (κ1) is 32.4. The average molecular weight is 744 g/mol. The Morgan fingerprint density at radius 3 is 1.71 bits per heavy atom. The third-order valence-electron chi connectivity index (χ3n) is 11.5. The molecule has 0 amide bonds. The Morgan fingerprint density at radius 1 is 0.293 bits per heavy atom. The first-order valence-corrected chi connectivity index (χ1v) is 19.6. The van der Waals surface area contributed by atoms with Gasteiger partial charge in [0.2, 0.25) is 0 Å². The summed E-state index contributed by atoms with van der Waals surface area (Å²) in [6.07, 6.45) is 0. The monoisotopic (exact) mass is 743 g/mol. The van der Waals surface area contributed by atoms with Gasteiger partial charge in [0.1, 0.15) is 33.5 Å². The maximum Gasteiger partial charge on any atom is 0.145 e. The lowest BCUT2D eigenvalue weighted by molar-refractivity contribution is 0.668. The van der Waals surface area contributed by atoms with E-state index < -0.39 is 0 Å². The summed E-state index contributed by atoms with van der Waals surface area (Å²) in [5.41, 5.74) is 14.6. The molecule has 58 heavy (non-hydrogen) atoms. The molecule has 0 saturated heterocycles. The summed E-state index contributed by atoms with van der Waals surface area (Å²) in [5.74, 6) is 0. The molecule has 12 aromatic rings. The van der Waals surface area contributed by atoms with Crippen LogP contribution >= 0.6 is 0 Å². The van der Waals surface area contributed by atoms with Gasteiger partial charge in [0.25, 0.3) is 0 Å². The Bertz CT molecular complexity index is 3500. The highest BCUT2D eigenvalue weighted by atomic mass is 16.3. The molecule has 0 fully saturated rings. The van der Waals surface area contributed by atoms with Crippen molar-refractivity contribution < 1.29 is 13.3 Å². The van der Waals surface area contributed by atoms with Gasteiger partial charge in [0.15, 0.2) is 0 Å². The molecule has 0 saturated carbocycles. The zero-order valence-corrected chi connectivity index (χ0v) is 31.2. The van der Waals surface area contributed by atoms with Gasteiger partial charge in [-0.1, -0.05) is 133 Å². The van der Waals surface area contributed by atoms with E-state index in [1.807, 2.05) is 18.2 Å². The van der Waals surface area contributed by atoms with E-state index in [4.69, 9.17) is 13.3 Å². The fourth-order valence-electron chi connectivity index (χ4n) is 8.86. The van der Waals surface area contributed by atoms with E-state index in [1.54, 1.807) is 0 Å². The molecule has 0 atom stereocenters. The standard InChI is InChI=1S/C54H33NO3/c1-4-14-34(15-5-1)37-26-28-42-50(32-37)58-54-40(36-18-8-3-9-19-36)29-30-45(51(42)54)55(38-27-31-47-43(33-38)41-20-10-11-23-46(41)56-47)44-22-13-25-49-53(44)52-39(21-12-24-48(52)57-49)35-16-6-2-7-17-35/h1-33H. The number of furan rings is 3. The second-order valence-electron chi connectivity index (χ2n) is 14.8. The summed E-state index contributed by atoms with van der Waals surface area (Å²) in [6, 6.07) is 70.1. The normalized spacial score (nSPS) is 11.8. The molecule has 0 spiro atoms. The summed E-state index contributed by atoms with van der Waals surface area (Å²) in [7, 11) is 0. The molecule has 3 heterocycles. The molecule has 0 aliphatic carbocycles. The maximum atomic E-state index is 7.04. The Morgan fingerprint density at radius 2 is 0.914 bits per heavy atom. The van der Waals surface area contributed by atoms with Gasteiger partial charge in [-0.05, 0) is 94.5 Å². The smallest absolute Gasteiger partial charge is 0.145 e. The van der Waals surface area contributed by atoms with Crippen LogP contribution in [0.25, 0.3) is 99.2 Å². The average Bonchev–Trinajstić information content (AvgIpc) is 3.99. The number of benzene rings is 9. The van der Waals surface area contributed by atoms with Crippen molar-refractivity contribution in [3.05, 3.63) is 200 Å². The summed E-state index contributed by atoms with van der Waals surface area (Å²) in [6.45, 7) is 0. The molecule has 4 nitrogen and oxygen atoms in total. The van der Waals surface area contributed by atoms with Crippen molar-refractivity contribution in [3.8, 4) is 33.4 Å². The van der Waals surface area contributed by atoms with Crippen molar-refractivity contribution in [2.75, 3.05) is 4.90 Å². The molecule has 4 heteroatoms. The summed E-state index contributed by atoms with van der Waals surface area (Å²) >= 11 is 0. The van der Waals surface area contributed by atoms with Gasteiger partial charge in [-0.15, -0.1) is 0 Å². The molecule has 0 unspecified atom stereocenters. The number of hydrogen-bond donors (Lipinski definition) is 0. The fourth-order valence-corrected chi connectivity index (χ4v) is 8.86. The summed E-state index contributed by atoms with van der Waals surface area (Å²) in [4.78, 5) is 2.39. The Labute approximate surface area is 333 Å². The van der Waals surface area contributed by atoms with E-state index in [9.17, 15) is 0 Å². The number of anilines is 3. The zero-order chi connectivity index (χ0) is 38.2. The maximum absolute atomic E-state index is 7.04. The fraction of sp³-hybridized carbons (Fsp3) is 0. The van der Waals surface area contributed by atoms with E-state index in [0.717, 1.165) is 116 Å². The lowest BCUT2D eigenvalue weighted by atomic mass is 9.97. The molecule has 0 radical (unpaired) electrons. The van der Waals surface area contributed by atoms with Crippen LogP contribution in [0.1, 0.15) is 0 Å². The van der Waals surface area contributed by atoms with Crippen LogP contribution in [0.2, 0.25) is 0 Å². The second kappa shape index (κ2) is 12.9. The van der Waals surface area contributed by atoms with Crippen LogP contribution in [0.5, 0.6) is 0 Å². The molecule has 272 valence electrons. The van der Waals surface area contributed by atoms with Gasteiger partial charge < -0.3 is 18.2 Å². The number of para-hydroxylation sites is 1. The van der Waals surface area contributed by atoms with E-state index >= 15 is 0 Å². The van der Waals surface area contributed by atoms with Crippen molar-refractivity contribution in [1.82, 2.24) is 0 Å². The predicted molar refractivity (Wildman–Crippen MR) is 239 cm³/mol. The molecular formula is C54H33NO3. The molecule has 0 aliphatic rings. The molecule has 12 rings (SSSR count). The van der Waals surface area contributed by atoms with Crippen molar-refractivity contribution in [1.29, 1.82) is 0 Å². The molecule has 9 aromatic carbocycles. The molecule has 0 N–H and O–H groups in total. The molecule has 0 aliphatic heterocycles. The van der Waals surface area contributed by atoms with Crippen molar-refractivity contribution in [2.45, 2.75) is 0 Å². The zero-order valence-electron chi connectivity index (χ0n) is 31.2. The van der Waals surface area contributed by atoms with Crippen LogP contribution in [0.3, 0.4) is 0 Å². The highest BCUT2D eigenvalue weighted by molar-refractivity contribution is 6.22. The van der Waals surface area contributed by atoms with E-state index in [-0.39, 0.29) is 0 Å². The molecule has 3 aromatic heterocycles. The van der Waals surface area contributed by atoms with Crippen LogP contribution < -0.4 is 4.90 Å². The minimum absolute atomic E-state index is 0.817. The Hall–Kier alpha value is -7.82. The topological polar surface area (TPSA) is 42.7 Å². The predicted octanol–water partition coefficient (Wildman–Crippen LogP) is 15.9. The number of hydrogen-bond acceptors (Lipinski definition) is 4. The minimum atomic E-state index is 0.817. The van der Waals surface area contributed by atoms with Gasteiger partial charge in [0.05, 0.1) is 22.1 Å². The Kier molecular flexibility index (Phi) is 7.20. The van der Waals surface area contributed by atoms with Crippen molar-refractivity contribution in [3.63, 3.8) is 0 Å². The van der Waals surface area contributed by atoms with Crippen LogP contribution in [-0.2, 0) is 0 Å². The first-order valence-electron chi connectivity index (χ1n) is 19.6. The largest absolute Gasteiger partial charge is 0.456 e. The van der Waals surface area contributed by atoms with Gasteiger partial charge in [0, 0.05) is 32.8 Å². The van der Waals surface area contributed by atoms with Gasteiger partial charge in [-0.3, -0.25) is 0 Å². The lowest BCUT2D eigenvalue weighted by Gasteiger charge is -2.27. The summed E-state index contributed by atoms with van der Waals surface area (Å²) < 4.78 is 20.1. The third-order valence-corrected chi connectivity index (χ3v) is 11.5. The second-order valence-corrected chi connectivity index (χ2v) is 14.8. The quantitative estimate of drug-likeness (QED) is 0.170. The van der Waals surface area contributed by atoms with Crippen molar-refractivity contribution >= 4 is 82.9 Å². The van der Waals surface area contributed by atoms with E-state index in [1.165, 1.54) is 0 Å². The van der Waals surface area contributed by atoms with E-state index in [0.29, 0.717) is 0 Å².